The largest absolute Gasteiger partial charge is 0.462 e. The average Bonchev–Trinajstić information content (AvgIpc) is 1.63. The Hall–Kier alpha value is -0.280. The molecule has 0 unspecified atom stereocenters. The van der Waals surface area contributed by atoms with E-state index in [9.17, 15) is 4.79 Å². The van der Waals surface area contributed by atoms with Crippen LogP contribution in [0.2, 0.25) is 0 Å². The number of nitrogens with two attached hydrogens (primary N) is 1. The van der Waals surface area contributed by atoms with Gasteiger partial charge in [-0.2, -0.15) is 0 Å². The van der Waals surface area contributed by atoms with Crippen molar-refractivity contribution in [1.82, 2.24) is 0 Å². The average molecular weight is 168 g/mol. The fourth-order valence-electron chi connectivity index (χ4n) is 0.340. The van der Waals surface area contributed by atoms with Crippen LogP contribution in [-0.4, -0.2) is 18.1 Å². The number of carbonyl (C=O) groups is 1. The maximum atomic E-state index is 10.6. The molecule has 0 aromatic carbocycles. The number of hydrogen-bond donors (Lipinski definition) is 1. The normalized spacial score (nSPS) is 12.1. The van der Waals surface area contributed by atoms with Crippen molar-refractivity contribution < 1.29 is 9.53 Å². The Morgan fingerprint density at radius 1 is 1.40 bits per heavy atom. The molecule has 1 atom stereocenters. The van der Waals surface area contributed by atoms with Crippen LogP contribution in [0.3, 0.4) is 0 Å². The third-order valence-electron chi connectivity index (χ3n) is 0.724. The minimum absolute atomic E-state index is 0. The highest BCUT2D eigenvalue weighted by Crippen LogP contribution is 1.90. The standard InChI is InChI=1S/C6H13NO2.ClH/c1-4(2)9-6(8)5(3)7;/h4-5H,7H2,1-3H3;1H/t5-;/m0./s1. The fraction of sp³-hybridized carbons (Fsp3) is 0.833. The lowest BCUT2D eigenvalue weighted by molar-refractivity contribution is -0.148. The second kappa shape index (κ2) is 5.50. The first-order chi connectivity index (χ1) is 4.04. The zero-order valence-electron chi connectivity index (χ0n) is 6.46. The molecule has 0 radical (unpaired) electrons. The predicted molar refractivity (Wildman–Crippen MR) is 42.1 cm³/mol. The van der Waals surface area contributed by atoms with Gasteiger partial charge >= 0.3 is 5.97 Å². The van der Waals surface area contributed by atoms with Gasteiger partial charge < -0.3 is 10.5 Å². The summed E-state index contributed by atoms with van der Waals surface area (Å²) in [6.07, 6.45) is -0.0662. The smallest absolute Gasteiger partial charge is 0.322 e. The van der Waals surface area contributed by atoms with E-state index in [1.165, 1.54) is 0 Å². The number of esters is 1. The lowest BCUT2D eigenvalue weighted by Crippen LogP contribution is -2.30. The van der Waals surface area contributed by atoms with E-state index in [0.29, 0.717) is 0 Å². The van der Waals surface area contributed by atoms with E-state index in [1.54, 1.807) is 20.8 Å². The van der Waals surface area contributed by atoms with Gasteiger partial charge in [0.25, 0.3) is 0 Å². The minimum Gasteiger partial charge on any atom is -0.462 e. The highest BCUT2D eigenvalue weighted by atomic mass is 35.5. The lowest BCUT2D eigenvalue weighted by atomic mass is 10.4. The van der Waals surface area contributed by atoms with Crippen LogP contribution < -0.4 is 5.73 Å². The molecule has 0 saturated heterocycles. The minimum atomic E-state index is -0.507. The van der Waals surface area contributed by atoms with Crippen LogP contribution in [0, 0.1) is 0 Å². The molecular weight excluding hydrogens is 154 g/mol. The zero-order chi connectivity index (χ0) is 7.44. The van der Waals surface area contributed by atoms with Crippen molar-refractivity contribution in [2.24, 2.45) is 5.73 Å². The van der Waals surface area contributed by atoms with Crippen molar-refractivity contribution in [1.29, 1.82) is 0 Å². The van der Waals surface area contributed by atoms with Gasteiger partial charge in [-0.1, -0.05) is 0 Å². The molecule has 0 heterocycles. The highest BCUT2D eigenvalue weighted by molar-refractivity contribution is 5.85. The molecule has 0 aliphatic rings. The molecule has 0 rings (SSSR count). The Morgan fingerprint density at radius 3 is 1.90 bits per heavy atom. The quantitative estimate of drug-likeness (QED) is 0.617. The van der Waals surface area contributed by atoms with Gasteiger partial charge in [0.1, 0.15) is 6.04 Å². The Balaban J connectivity index is 0. The van der Waals surface area contributed by atoms with Crippen molar-refractivity contribution >= 4 is 18.4 Å². The maximum Gasteiger partial charge on any atom is 0.322 e. The van der Waals surface area contributed by atoms with Crippen LogP contribution in [0.1, 0.15) is 20.8 Å². The molecular formula is C6H14ClNO2. The summed E-state index contributed by atoms with van der Waals surface area (Å²) in [6, 6.07) is -0.507. The maximum absolute atomic E-state index is 10.6. The third kappa shape index (κ3) is 5.85. The van der Waals surface area contributed by atoms with E-state index >= 15 is 0 Å². The third-order valence-corrected chi connectivity index (χ3v) is 0.724. The number of hydrogen-bond acceptors (Lipinski definition) is 3. The van der Waals surface area contributed by atoms with Crippen LogP contribution >= 0.6 is 12.4 Å². The van der Waals surface area contributed by atoms with Crippen molar-refractivity contribution in [2.75, 3.05) is 0 Å². The Morgan fingerprint density at radius 2 is 1.80 bits per heavy atom. The van der Waals surface area contributed by atoms with Crippen LogP contribution in [0.15, 0.2) is 0 Å². The van der Waals surface area contributed by atoms with Crippen molar-refractivity contribution in [3.63, 3.8) is 0 Å². The Kier molecular flexibility index (Phi) is 6.82. The fourth-order valence-corrected chi connectivity index (χ4v) is 0.340. The van der Waals surface area contributed by atoms with Gasteiger partial charge in [0.2, 0.25) is 0 Å². The molecule has 0 aliphatic heterocycles. The second-order valence-electron chi connectivity index (χ2n) is 2.27. The monoisotopic (exact) mass is 167 g/mol. The van der Waals surface area contributed by atoms with E-state index in [4.69, 9.17) is 10.5 Å². The van der Waals surface area contributed by atoms with Gasteiger partial charge in [-0.15, -0.1) is 12.4 Å². The van der Waals surface area contributed by atoms with Crippen LogP contribution in [-0.2, 0) is 9.53 Å². The van der Waals surface area contributed by atoms with Gasteiger partial charge in [0.15, 0.2) is 0 Å². The summed E-state index contributed by atoms with van der Waals surface area (Å²) in [5.74, 6) is -0.343. The van der Waals surface area contributed by atoms with Gasteiger partial charge in [0.05, 0.1) is 6.10 Å². The van der Waals surface area contributed by atoms with E-state index in [1.807, 2.05) is 0 Å². The van der Waals surface area contributed by atoms with E-state index in [2.05, 4.69) is 0 Å². The first-order valence-corrected chi connectivity index (χ1v) is 3.00. The summed E-state index contributed by atoms with van der Waals surface area (Å²) in [5, 5.41) is 0. The van der Waals surface area contributed by atoms with E-state index in [0.717, 1.165) is 0 Å². The molecule has 4 heteroatoms. The van der Waals surface area contributed by atoms with Crippen molar-refractivity contribution in [3.05, 3.63) is 0 Å². The van der Waals surface area contributed by atoms with Crippen LogP contribution in [0.25, 0.3) is 0 Å². The Bertz CT molecular complexity index is 104. The number of rotatable bonds is 2. The van der Waals surface area contributed by atoms with Crippen LogP contribution in [0.4, 0.5) is 0 Å². The number of halogens is 1. The molecule has 10 heavy (non-hydrogen) atoms. The molecule has 0 amide bonds. The molecule has 0 aliphatic carbocycles. The molecule has 0 bridgehead atoms. The predicted octanol–water partition coefficient (Wildman–Crippen LogP) is 0.707. The molecule has 0 fully saturated rings. The number of carbonyl (C=O) groups excluding carboxylic acids is 1. The summed E-state index contributed by atoms with van der Waals surface area (Å²) in [6.45, 7) is 5.19. The highest BCUT2D eigenvalue weighted by Gasteiger charge is 2.09. The van der Waals surface area contributed by atoms with Crippen molar-refractivity contribution in [2.45, 2.75) is 32.9 Å². The van der Waals surface area contributed by atoms with Crippen molar-refractivity contribution in [3.8, 4) is 0 Å². The van der Waals surface area contributed by atoms with Gasteiger partial charge in [-0.25, -0.2) is 0 Å². The van der Waals surface area contributed by atoms with Gasteiger partial charge in [0, 0.05) is 0 Å². The summed E-state index contributed by atoms with van der Waals surface area (Å²) in [4.78, 5) is 10.6. The van der Waals surface area contributed by atoms with Gasteiger partial charge in [-0.05, 0) is 20.8 Å². The lowest BCUT2D eigenvalue weighted by Gasteiger charge is -2.08. The van der Waals surface area contributed by atoms with E-state index in [-0.39, 0.29) is 24.5 Å². The van der Waals surface area contributed by atoms with E-state index < -0.39 is 6.04 Å². The topological polar surface area (TPSA) is 52.3 Å². The zero-order valence-corrected chi connectivity index (χ0v) is 7.27. The second-order valence-corrected chi connectivity index (χ2v) is 2.27. The molecule has 0 saturated carbocycles. The molecule has 0 aromatic rings. The first-order valence-electron chi connectivity index (χ1n) is 3.00. The summed E-state index contributed by atoms with van der Waals surface area (Å²) in [5.41, 5.74) is 5.21. The summed E-state index contributed by atoms with van der Waals surface area (Å²) >= 11 is 0. The first kappa shape index (κ1) is 12.4. The molecule has 62 valence electrons. The van der Waals surface area contributed by atoms with Gasteiger partial charge in [-0.3, -0.25) is 4.79 Å². The number of ether oxygens (including phenoxy) is 1. The molecule has 0 spiro atoms. The summed E-state index contributed by atoms with van der Waals surface area (Å²) < 4.78 is 4.75. The molecule has 0 aromatic heterocycles. The molecule has 3 nitrogen and oxygen atoms in total. The summed E-state index contributed by atoms with van der Waals surface area (Å²) in [7, 11) is 0. The SMILES string of the molecule is CC(C)OC(=O)[C@H](C)N.Cl. The molecule has 2 N–H and O–H groups in total. The van der Waals surface area contributed by atoms with Crippen LogP contribution in [0.5, 0.6) is 0 Å². The Labute approximate surface area is 67.3 Å².